The van der Waals surface area contributed by atoms with E-state index in [1.165, 1.54) is 24.3 Å². The van der Waals surface area contributed by atoms with Gasteiger partial charge in [-0.05, 0) is 56.8 Å². The number of nitrogens with zero attached hydrogens (tertiary/aromatic N) is 1. The summed E-state index contributed by atoms with van der Waals surface area (Å²) in [6.45, 7) is 6.61. The highest BCUT2D eigenvalue weighted by molar-refractivity contribution is 6.31. The summed E-state index contributed by atoms with van der Waals surface area (Å²) in [5.41, 5.74) is 0.104. The molecule has 0 atom stereocenters. The van der Waals surface area contributed by atoms with Gasteiger partial charge in [0.05, 0.1) is 17.9 Å². The second-order valence-electron chi connectivity index (χ2n) is 10.2. The van der Waals surface area contributed by atoms with Crippen LogP contribution in [0.2, 0.25) is 5.02 Å². The highest BCUT2D eigenvalue weighted by atomic mass is 35.5. The number of halogens is 2. The van der Waals surface area contributed by atoms with E-state index < -0.39 is 23.0 Å². The fraction of sp³-hybridized carbons (Fsp3) is 0.414. The summed E-state index contributed by atoms with van der Waals surface area (Å²) in [6, 6.07) is 10.6. The van der Waals surface area contributed by atoms with E-state index in [0.29, 0.717) is 41.6 Å². The Labute approximate surface area is 240 Å². The van der Waals surface area contributed by atoms with Crippen molar-refractivity contribution in [3.05, 3.63) is 70.3 Å². The molecule has 0 radical (unpaired) electrons. The maximum Gasteiger partial charge on any atom is 0.274 e. The SMILES string of the molecule is CCOc1ccc(Cl)cc1C(=O)NCC(C)(C)CC(=O)N/C(C(=O)Nc1ccccc1F)=C(\CCN(C)C)NC. The number of carbonyl (C=O) groups is 3. The maximum absolute atomic E-state index is 14.2. The van der Waals surface area contributed by atoms with Gasteiger partial charge in [-0.3, -0.25) is 14.4 Å². The van der Waals surface area contributed by atoms with Crippen molar-refractivity contribution < 1.29 is 23.5 Å². The molecule has 2 aromatic carbocycles. The van der Waals surface area contributed by atoms with Gasteiger partial charge in [0.25, 0.3) is 11.8 Å². The van der Waals surface area contributed by atoms with E-state index >= 15 is 0 Å². The zero-order valence-electron chi connectivity index (χ0n) is 23.9. The Bertz CT molecular complexity index is 1230. The first-order valence-electron chi connectivity index (χ1n) is 13.0. The number of hydrogen-bond donors (Lipinski definition) is 4. The number of amides is 3. The second kappa shape index (κ2) is 15.2. The van der Waals surface area contributed by atoms with Crippen molar-refractivity contribution in [1.82, 2.24) is 20.9 Å². The summed E-state index contributed by atoms with van der Waals surface area (Å²) in [5.74, 6) is -1.66. The average molecular weight is 576 g/mol. The van der Waals surface area contributed by atoms with E-state index in [-0.39, 0.29) is 30.3 Å². The first-order valence-corrected chi connectivity index (χ1v) is 13.4. The summed E-state index contributed by atoms with van der Waals surface area (Å²) in [5, 5.41) is 11.5. The fourth-order valence-corrected chi connectivity index (χ4v) is 3.96. The van der Waals surface area contributed by atoms with Crippen molar-refractivity contribution in [3.8, 4) is 5.75 Å². The summed E-state index contributed by atoms with van der Waals surface area (Å²) < 4.78 is 19.7. The molecule has 0 spiro atoms. The van der Waals surface area contributed by atoms with Crippen LogP contribution >= 0.6 is 11.6 Å². The number of hydrogen-bond acceptors (Lipinski definition) is 6. The van der Waals surface area contributed by atoms with Gasteiger partial charge in [0.1, 0.15) is 17.3 Å². The maximum atomic E-state index is 14.2. The van der Waals surface area contributed by atoms with Gasteiger partial charge in [-0.25, -0.2) is 4.39 Å². The van der Waals surface area contributed by atoms with Crippen LogP contribution in [0.3, 0.4) is 0 Å². The molecule has 2 rings (SSSR count). The number of carbonyl (C=O) groups excluding carboxylic acids is 3. The van der Waals surface area contributed by atoms with Crippen molar-refractivity contribution >= 4 is 35.0 Å². The molecule has 3 amide bonds. The molecular formula is C29H39ClFN5O4. The van der Waals surface area contributed by atoms with Crippen LogP contribution in [0.15, 0.2) is 53.9 Å². The molecule has 11 heteroatoms. The monoisotopic (exact) mass is 575 g/mol. The van der Waals surface area contributed by atoms with Gasteiger partial charge in [0, 0.05) is 43.7 Å². The van der Waals surface area contributed by atoms with E-state index in [9.17, 15) is 18.8 Å². The molecule has 0 unspecified atom stereocenters. The van der Waals surface area contributed by atoms with Crippen molar-refractivity contribution in [3.63, 3.8) is 0 Å². The van der Waals surface area contributed by atoms with Gasteiger partial charge in [-0.15, -0.1) is 0 Å². The number of benzene rings is 2. The van der Waals surface area contributed by atoms with Crippen LogP contribution < -0.4 is 26.0 Å². The lowest BCUT2D eigenvalue weighted by molar-refractivity contribution is -0.124. The minimum absolute atomic E-state index is 0.00205. The molecule has 40 heavy (non-hydrogen) atoms. The van der Waals surface area contributed by atoms with Crippen LogP contribution in [0.4, 0.5) is 10.1 Å². The van der Waals surface area contributed by atoms with Gasteiger partial charge in [-0.2, -0.15) is 0 Å². The molecule has 0 fully saturated rings. The van der Waals surface area contributed by atoms with Gasteiger partial charge in [0.2, 0.25) is 5.91 Å². The molecule has 4 N–H and O–H groups in total. The standard InChI is InChI=1S/C29H39ClFN5O4/c1-7-40-24-13-12-19(30)16-20(24)27(38)33-18-29(2,3)17-25(37)35-26(23(32-4)14-15-36(5)6)28(39)34-22-11-9-8-10-21(22)31/h8-13,16,32H,7,14-15,17-18H2,1-6H3,(H,33,38)(H,34,39)(H,35,37)/b26-23+. The zero-order valence-corrected chi connectivity index (χ0v) is 24.7. The van der Waals surface area contributed by atoms with Crippen LogP contribution in [0.5, 0.6) is 5.75 Å². The number of nitrogens with one attached hydrogen (secondary N) is 4. The normalized spacial score (nSPS) is 11.9. The second-order valence-corrected chi connectivity index (χ2v) is 10.7. The Kier molecular flexibility index (Phi) is 12.4. The molecular weight excluding hydrogens is 537 g/mol. The van der Waals surface area contributed by atoms with E-state index in [1.807, 2.05) is 39.8 Å². The quantitative estimate of drug-likeness (QED) is 0.252. The molecule has 0 saturated carbocycles. The number of anilines is 1. The van der Waals surface area contributed by atoms with Crippen LogP contribution in [-0.4, -0.2) is 63.5 Å². The molecule has 0 aromatic heterocycles. The molecule has 0 aliphatic rings. The van der Waals surface area contributed by atoms with Crippen molar-refractivity contribution in [1.29, 1.82) is 0 Å². The van der Waals surface area contributed by atoms with E-state index in [4.69, 9.17) is 16.3 Å². The van der Waals surface area contributed by atoms with Crippen LogP contribution in [-0.2, 0) is 9.59 Å². The topological polar surface area (TPSA) is 112 Å². The highest BCUT2D eigenvalue weighted by Crippen LogP contribution is 2.25. The molecule has 0 aliphatic heterocycles. The van der Waals surface area contributed by atoms with Gasteiger partial charge in [0.15, 0.2) is 0 Å². The Morgan fingerprint density at radius 2 is 1.80 bits per heavy atom. The third kappa shape index (κ3) is 10.2. The average Bonchev–Trinajstić information content (AvgIpc) is 2.89. The van der Waals surface area contributed by atoms with Gasteiger partial charge >= 0.3 is 0 Å². The predicted octanol–water partition coefficient (Wildman–Crippen LogP) is 4.16. The first kappa shape index (κ1) is 32.6. The molecule has 0 heterocycles. The molecule has 0 saturated heterocycles. The van der Waals surface area contributed by atoms with E-state index in [0.717, 1.165) is 0 Å². The Balaban J connectivity index is 2.17. The van der Waals surface area contributed by atoms with Crippen LogP contribution in [0.25, 0.3) is 0 Å². The smallest absolute Gasteiger partial charge is 0.274 e. The lowest BCUT2D eigenvalue weighted by Crippen LogP contribution is -2.40. The van der Waals surface area contributed by atoms with Gasteiger partial charge < -0.3 is 30.9 Å². The van der Waals surface area contributed by atoms with Crippen molar-refractivity contribution in [2.75, 3.05) is 46.2 Å². The number of para-hydroxylation sites is 1. The Morgan fingerprint density at radius 1 is 1.10 bits per heavy atom. The van der Waals surface area contributed by atoms with Gasteiger partial charge in [-0.1, -0.05) is 37.6 Å². The van der Waals surface area contributed by atoms with Crippen LogP contribution in [0, 0.1) is 11.2 Å². The summed E-state index contributed by atoms with van der Waals surface area (Å²) in [7, 11) is 5.43. The predicted molar refractivity (Wildman–Crippen MR) is 156 cm³/mol. The van der Waals surface area contributed by atoms with E-state index in [2.05, 4.69) is 21.3 Å². The lowest BCUT2D eigenvalue weighted by atomic mass is 9.88. The third-order valence-electron chi connectivity index (χ3n) is 5.88. The molecule has 0 bridgehead atoms. The first-order chi connectivity index (χ1) is 18.9. The number of ether oxygens (including phenoxy) is 1. The zero-order chi connectivity index (χ0) is 29.9. The fourth-order valence-electron chi connectivity index (χ4n) is 3.78. The summed E-state index contributed by atoms with van der Waals surface area (Å²) >= 11 is 6.08. The lowest BCUT2D eigenvalue weighted by Gasteiger charge is -2.25. The van der Waals surface area contributed by atoms with Crippen LogP contribution in [0.1, 0.15) is 44.0 Å². The minimum atomic E-state index is -0.680. The van der Waals surface area contributed by atoms with E-state index in [1.54, 1.807) is 25.2 Å². The molecule has 218 valence electrons. The summed E-state index contributed by atoms with van der Waals surface area (Å²) in [6.07, 6.45) is 0.424. The minimum Gasteiger partial charge on any atom is -0.493 e. The van der Waals surface area contributed by atoms with Crippen molar-refractivity contribution in [2.45, 2.75) is 33.6 Å². The van der Waals surface area contributed by atoms with Crippen molar-refractivity contribution in [2.24, 2.45) is 5.41 Å². The molecule has 9 nitrogen and oxygen atoms in total. The highest BCUT2D eigenvalue weighted by Gasteiger charge is 2.27. The third-order valence-corrected chi connectivity index (χ3v) is 6.11. The molecule has 2 aromatic rings. The Morgan fingerprint density at radius 3 is 2.42 bits per heavy atom. The number of rotatable bonds is 14. The Hall–Kier alpha value is -3.63. The summed E-state index contributed by atoms with van der Waals surface area (Å²) in [4.78, 5) is 41.2. The largest absolute Gasteiger partial charge is 0.493 e. The molecule has 0 aliphatic carbocycles.